The predicted molar refractivity (Wildman–Crippen MR) is 83.4 cm³/mol. The Morgan fingerprint density at radius 3 is 2.57 bits per heavy atom. The number of methoxy groups -OCH3 is 1. The summed E-state index contributed by atoms with van der Waals surface area (Å²) in [6, 6.07) is 8.23. The quantitative estimate of drug-likeness (QED) is 0.645. The van der Waals surface area contributed by atoms with Crippen LogP contribution in [0.2, 0.25) is 0 Å². The first-order valence-electron chi connectivity index (χ1n) is 7.32. The minimum absolute atomic E-state index is 0.0383. The Hall–Kier alpha value is -1.59. The Bertz CT molecular complexity index is 404. The van der Waals surface area contributed by atoms with Gasteiger partial charge >= 0.3 is 0 Å². The molecule has 0 aliphatic heterocycles. The highest BCUT2D eigenvalue weighted by atomic mass is 16.5. The lowest BCUT2D eigenvalue weighted by molar-refractivity contribution is -0.123. The number of ether oxygens (including phenoxy) is 2. The third-order valence-electron chi connectivity index (χ3n) is 2.86. The SMILES string of the molecule is COCCCNC(=O)COc1ccc(CNC(C)C)cc1. The Labute approximate surface area is 127 Å². The summed E-state index contributed by atoms with van der Waals surface area (Å²) in [6.07, 6.45) is 0.805. The fourth-order valence-corrected chi connectivity index (χ4v) is 1.67. The minimum Gasteiger partial charge on any atom is -0.484 e. The van der Waals surface area contributed by atoms with Gasteiger partial charge < -0.3 is 20.1 Å². The number of hydrogen-bond donors (Lipinski definition) is 2. The van der Waals surface area contributed by atoms with Crippen LogP contribution >= 0.6 is 0 Å². The van der Waals surface area contributed by atoms with E-state index in [9.17, 15) is 4.79 Å². The maximum absolute atomic E-state index is 11.5. The number of hydrogen-bond acceptors (Lipinski definition) is 4. The number of rotatable bonds is 10. The largest absolute Gasteiger partial charge is 0.484 e. The van der Waals surface area contributed by atoms with Gasteiger partial charge in [0.25, 0.3) is 5.91 Å². The van der Waals surface area contributed by atoms with Crippen LogP contribution in [-0.4, -0.2) is 38.8 Å². The van der Waals surface area contributed by atoms with Crippen LogP contribution in [0.15, 0.2) is 24.3 Å². The second-order valence-electron chi connectivity index (χ2n) is 5.16. The van der Waals surface area contributed by atoms with Gasteiger partial charge in [0, 0.05) is 32.8 Å². The third kappa shape index (κ3) is 8.32. The van der Waals surface area contributed by atoms with Crippen molar-refractivity contribution in [2.75, 3.05) is 26.9 Å². The Balaban J connectivity index is 2.24. The van der Waals surface area contributed by atoms with E-state index in [-0.39, 0.29) is 12.5 Å². The van der Waals surface area contributed by atoms with Gasteiger partial charge in [0.1, 0.15) is 5.75 Å². The number of carbonyl (C=O) groups excluding carboxylic acids is 1. The second-order valence-corrected chi connectivity index (χ2v) is 5.16. The maximum atomic E-state index is 11.5. The van der Waals surface area contributed by atoms with Crippen LogP contribution in [0.3, 0.4) is 0 Å². The molecule has 5 nitrogen and oxygen atoms in total. The van der Waals surface area contributed by atoms with E-state index in [0.717, 1.165) is 13.0 Å². The molecule has 1 aromatic rings. The highest BCUT2D eigenvalue weighted by molar-refractivity contribution is 5.77. The molecule has 118 valence electrons. The molecule has 1 rings (SSSR count). The van der Waals surface area contributed by atoms with Gasteiger partial charge in [-0.25, -0.2) is 0 Å². The van der Waals surface area contributed by atoms with Crippen molar-refractivity contribution in [3.05, 3.63) is 29.8 Å². The van der Waals surface area contributed by atoms with E-state index >= 15 is 0 Å². The van der Waals surface area contributed by atoms with Gasteiger partial charge in [-0.15, -0.1) is 0 Å². The van der Waals surface area contributed by atoms with Gasteiger partial charge in [0.15, 0.2) is 6.61 Å². The smallest absolute Gasteiger partial charge is 0.257 e. The van der Waals surface area contributed by atoms with Crippen molar-refractivity contribution in [2.45, 2.75) is 32.9 Å². The Morgan fingerprint density at radius 1 is 1.24 bits per heavy atom. The molecule has 1 amide bonds. The van der Waals surface area contributed by atoms with Crippen molar-refractivity contribution in [3.8, 4) is 5.75 Å². The van der Waals surface area contributed by atoms with Gasteiger partial charge in [-0.3, -0.25) is 4.79 Å². The van der Waals surface area contributed by atoms with Gasteiger partial charge in [0.05, 0.1) is 0 Å². The summed E-state index contributed by atoms with van der Waals surface area (Å²) < 4.78 is 10.4. The number of nitrogens with one attached hydrogen (secondary N) is 2. The zero-order valence-electron chi connectivity index (χ0n) is 13.1. The number of carbonyl (C=O) groups is 1. The molecule has 21 heavy (non-hydrogen) atoms. The molecule has 0 saturated carbocycles. The number of amides is 1. The lowest BCUT2D eigenvalue weighted by Crippen LogP contribution is -2.30. The molecule has 0 aromatic heterocycles. The van der Waals surface area contributed by atoms with E-state index in [1.165, 1.54) is 5.56 Å². The first-order valence-corrected chi connectivity index (χ1v) is 7.32. The average molecular weight is 294 g/mol. The minimum atomic E-state index is -0.114. The summed E-state index contributed by atoms with van der Waals surface area (Å²) in [5.41, 5.74) is 1.19. The molecular formula is C16H26N2O3. The van der Waals surface area contributed by atoms with E-state index in [0.29, 0.717) is 24.9 Å². The molecule has 2 N–H and O–H groups in total. The van der Waals surface area contributed by atoms with Crippen molar-refractivity contribution in [1.29, 1.82) is 0 Å². The molecule has 0 atom stereocenters. The zero-order chi connectivity index (χ0) is 15.5. The van der Waals surface area contributed by atoms with Crippen molar-refractivity contribution < 1.29 is 14.3 Å². The van der Waals surface area contributed by atoms with E-state index in [4.69, 9.17) is 9.47 Å². The first-order chi connectivity index (χ1) is 10.1. The Kier molecular flexibility index (Phi) is 8.47. The predicted octanol–water partition coefficient (Wildman–Crippen LogP) is 1.72. The molecule has 5 heteroatoms. The van der Waals surface area contributed by atoms with Crippen LogP contribution < -0.4 is 15.4 Å². The average Bonchev–Trinajstić information content (AvgIpc) is 2.48. The summed E-state index contributed by atoms with van der Waals surface area (Å²) in [7, 11) is 1.64. The molecule has 0 aliphatic carbocycles. The molecular weight excluding hydrogens is 268 g/mol. The van der Waals surface area contributed by atoms with Crippen LogP contribution in [0.5, 0.6) is 5.75 Å². The zero-order valence-corrected chi connectivity index (χ0v) is 13.1. The van der Waals surface area contributed by atoms with Gasteiger partial charge in [-0.2, -0.15) is 0 Å². The fraction of sp³-hybridized carbons (Fsp3) is 0.562. The standard InChI is InChI=1S/C16H26N2O3/c1-13(2)18-11-14-5-7-15(8-6-14)21-12-16(19)17-9-4-10-20-3/h5-8,13,18H,4,9-12H2,1-3H3,(H,17,19). The molecule has 0 aliphatic rings. The Morgan fingerprint density at radius 2 is 1.95 bits per heavy atom. The van der Waals surface area contributed by atoms with E-state index in [1.807, 2.05) is 24.3 Å². The van der Waals surface area contributed by atoms with Crippen LogP contribution in [0.25, 0.3) is 0 Å². The van der Waals surface area contributed by atoms with E-state index < -0.39 is 0 Å². The van der Waals surface area contributed by atoms with Crippen LogP contribution in [-0.2, 0) is 16.1 Å². The lowest BCUT2D eigenvalue weighted by Gasteiger charge is -2.10. The van der Waals surface area contributed by atoms with Gasteiger partial charge in [0.2, 0.25) is 0 Å². The first kappa shape index (κ1) is 17.5. The molecule has 0 saturated heterocycles. The van der Waals surface area contributed by atoms with Crippen molar-refractivity contribution in [3.63, 3.8) is 0 Å². The molecule has 0 unspecified atom stereocenters. The number of benzene rings is 1. The molecule has 1 aromatic carbocycles. The highest BCUT2D eigenvalue weighted by Crippen LogP contribution is 2.12. The van der Waals surface area contributed by atoms with Crippen molar-refractivity contribution >= 4 is 5.91 Å². The monoisotopic (exact) mass is 294 g/mol. The topological polar surface area (TPSA) is 59.6 Å². The van der Waals surface area contributed by atoms with Gasteiger partial charge in [-0.1, -0.05) is 26.0 Å². The van der Waals surface area contributed by atoms with E-state index in [2.05, 4.69) is 24.5 Å². The summed E-state index contributed by atoms with van der Waals surface area (Å²) >= 11 is 0. The lowest BCUT2D eigenvalue weighted by atomic mass is 10.2. The summed E-state index contributed by atoms with van der Waals surface area (Å²) in [6.45, 7) is 6.35. The van der Waals surface area contributed by atoms with Crippen LogP contribution in [0.4, 0.5) is 0 Å². The van der Waals surface area contributed by atoms with Crippen LogP contribution in [0.1, 0.15) is 25.8 Å². The normalized spacial score (nSPS) is 10.7. The molecule has 0 fully saturated rings. The highest BCUT2D eigenvalue weighted by Gasteiger charge is 2.02. The molecule has 0 heterocycles. The van der Waals surface area contributed by atoms with E-state index in [1.54, 1.807) is 7.11 Å². The summed E-state index contributed by atoms with van der Waals surface area (Å²) in [5.74, 6) is 0.590. The summed E-state index contributed by atoms with van der Waals surface area (Å²) in [5, 5.41) is 6.13. The molecule has 0 bridgehead atoms. The van der Waals surface area contributed by atoms with Crippen molar-refractivity contribution in [1.82, 2.24) is 10.6 Å². The van der Waals surface area contributed by atoms with Gasteiger partial charge in [-0.05, 0) is 24.1 Å². The fourth-order valence-electron chi connectivity index (χ4n) is 1.67. The second kappa shape index (κ2) is 10.2. The third-order valence-corrected chi connectivity index (χ3v) is 2.86. The molecule has 0 radical (unpaired) electrons. The van der Waals surface area contributed by atoms with Crippen molar-refractivity contribution in [2.24, 2.45) is 0 Å². The summed E-state index contributed by atoms with van der Waals surface area (Å²) in [4.78, 5) is 11.5. The maximum Gasteiger partial charge on any atom is 0.257 e. The molecule has 0 spiro atoms. The van der Waals surface area contributed by atoms with Crippen LogP contribution in [0, 0.1) is 0 Å².